The molecule has 0 bridgehead atoms. The summed E-state index contributed by atoms with van der Waals surface area (Å²) in [4.78, 5) is 0. The highest BCUT2D eigenvalue weighted by Gasteiger charge is 2.28. The molecular formula is C24H20S8. The molecule has 8 heteroatoms. The van der Waals surface area contributed by atoms with Gasteiger partial charge in [0.2, 0.25) is 0 Å². The fraction of sp³-hybridized carbons (Fsp3) is 0.167. The Bertz CT molecular complexity index is 1000. The Morgan fingerprint density at radius 2 is 0.812 bits per heavy atom. The Morgan fingerprint density at radius 3 is 1.12 bits per heavy atom. The van der Waals surface area contributed by atoms with Crippen LogP contribution in [0.2, 0.25) is 0 Å². The second kappa shape index (κ2) is 11.3. The maximum Gasteiger partial charge on any atom is 0.0668 e. The Morgan fingerprint density at radius 1 is 0.500 bits per heavy atom. The van der Waals surface area contributed by atoms with Crippen molar-refractivity contribution < 1.29 is 0 Å². The highest BCUT2D eigenvalue weighted by molar-refractivity contribution is 8.46. The standard InChI is InChI=1S/C24H20S8/c1-15(17-9-5-3-6-10-17)19-29-21-22(30-19)26-14-28-24-23(27-13-25-21)31-20(32-24)16(2)18-11-7-4-8-12-18/h3-12H,13-14H2,1-2H3. The van der Waals surface area contributed by atoms with Gasteiger partial charge < -0.3 is 0 Å². The maximum absolute atomic E-state index is 2.26. The van der Waals surface area contributed by atoms with Gasteiger partial charge in [-0.3, -0.25) is 0 Å². The minimum absolute atomic E-state index is 1.06. The van der Waals surface area contributed by atoms with Crippen LogP contribution in [-0.4, -0.2) is 10.2 Å². The SMILES string of the molecule is CC(=C1SC2=C(SCSC3=C(SCS2)SC(=C(C)c2ccccc2)S3)S1)c1ccccc1. The average molecular weight is 565 g/mol. The van der Waals surface area contributed by atoms with Crippen LogP contribution < -0.4 is 0 Å². The van der Waals surface area contributed by atoms with E-state index in [1.807, 2.05) is 94.1 Å². The third kappa shape index (κ3) is 5.54. The van der Waals surface area contributed by atoms with Gasteiger partial charge in [-0.1, -0.05) is 108 Å². The van der Waals surface area contributed by atoms with Crippen molar-refractivity contribution in [1.82, 2.24) is 0 Å². The Kier molecular flexibility index (Phi) is 8.44. The van der Waals surface area contributed by atoms with Gasteiger partial charge >= 0.3 is 0 Å². The molecule has 0 atom stereocenters. The molecule has 3 aliphatic heterocycles. The van der Waals surface area contributed by atoms with Crippen LogP contribution >= 0.6 is 94.1 Å². The highest BCUT2D eigenvalue weighted by atomic mass is 32.3. The van der Waals surface area contributed by atoms with E-state index in [9.17, 15) is 0 Å². The second-order valence-electron chi connectivity index (χ2n) is 6.93. The molecule has 32 heavy (non-hydrogen) atoms. The molecule has 0 spiro atoms. The first-order chi connectivity index (χ1) is 15.7. The number of rotatable bonds is 2. The zero-order valence-corrected chi connectivity index (χ0v) is 24.0. The van der Waals surface area contributed by atoms with Crippen LogP contribution in [0.15, 0.2) is 86.1 Å². The molecule has 0 radical (unpaired) electrons. The molecule has 5 rings (SSSR count). The van der Waals surface area contributed by atoms with Crippen LogP contribution in [0.5, 0.6) is 0 Å². The lowest BCUT2D eigenvalue weighted by Crippen LogP contribution is -1.80. The summed E-state index contributed by atoms with van der Waals surface area (Å²) in [7, 11) is 0. The molecule has 2 aromatic rings. The first-order valence-corrected chi connectivity index (χ1v) is 17.1. The van der Waals surface area contributed by atoms with Crippen molar-refractivity contribution in [2.45, 2.75) is 13.8 Å². The van der Waals surface area contributed by atoms with E-state index in [0.717, 1.165) is 10.2 Å². The fourth-order valence-corrected chi connectivity index (χ4v) is 15.9. The third-order valence-electron chi connectivity index (χ3n) is 4.86. The van der Waals surface area contributed by atoms with E-state index in [-0.39, 0.29) is 0 Å². The van der Waals surface area contributed by atoms with Crippen LogP contribution in [0.25, 0.3) is 11.1 Å². The molecule has 2 aromatic carbocycles. The normalized spacial score (nSPS) is 19.2. The van der Waals surface area contributed by atoms with Gasteiger partial charge in [-0.25, -0.2) is 0 Å². The van der Waals surface area contributed by atoms with Gasteiger partial charge in [0.25, 0.3) is 0 Å². The molecule has 0 saturated heterocycles. The van der Waals surface area contributed by atoms with E-state index in [1.165, 1.54) is 47.7 Å². The molecule has 0 amide bonds. The summed E-state index contributed by atoms with van der Waals surface area (Å²) in [5.74, 6) is 0. The summed E-state index contributed by atoms with van der Waals surface area (Å²) in [6.45, 7) is 4.52. The maximum atomic E-state index is 2.26. The lowest BCUT2D eigenvalue weighted by Gasteiger charge is -2.09. The zero-order chi connectivity index (χ0) is 21.9. The molecule has 0 N–H and O–H groups in total. The molecule has 0 aliphatic carbocycles. The van der Waals surface area contributed by atoms with Crippen molar-refractivity contribution in [2.24, 2.45) is 0 Å². The number of thioether (sulfide) groups is 8. The minimum Gasteiger partial charge on any atom is -0.106 e. The molecule has 3 heterocycles. The van der Waals surface area contributed by atoms with Crippen LogP contribution in [0.3, 0.4) is 0 Å². The summed E-state index contributed by atoms with van der Waals surface area (Å²) < 4.78 is 8.79. The third-order valence-corrected chi connectivity index (χ3v) is 16.6. The second-order valence-corrected chi connectivity index (χ2v) is 17.2. The van der Waals surface area contributed by atoms with E-state index in [0.29, 0.717) is 0 Å². The molecular weight excluding hydrogens is 545 g/mol. The summed E-state index contributed by atoms with van der Waals surface area (Å²) in [5, 5.41) is 2.13. The van der Waals surface area contributed by atoms with Crippen LogP contribution in [0.1, 0.15) is 25.0 Å². The largest absolute Gasteiger partial charge is 0.106 e. The Labute approximate surface area is 224 Å². The van der Waals surface area contributed by atoms with Crippen molar-refractivity contribution in [3.05, 3.63) is 97.2 Å². The van der Waals surface area contributed by atoms with E-state index in [2.05, 4.69) is 74.5 Å². The predicted octanol–water partition coefficient (Wildman–Crippen LogP) is 10.8. The van der Waals surface area contributed by atoms with E-state index in [1.54, 1.807) is 0 Å². The molecule has 3 aliphatic rings. The van der Waals surface area contributed by atoms with Crippen molar-refractivity contribution in [3.8, 4) is 0 Å². The number of allylic oxidation sites excluding steroid dienone is 2. The zero-order valence-electron chi connectivity index (χ0n) is 17.5. The molecule has 0 unspecified atom stereocenters. The molecule has 0 saturated carbocycles. The van der Waals surface area contributed by atoms with E-state index < -0.39 is 0 Å². The van der Waals surface area contributed by atoms with Crippen LogP contribution in [-0.2, 0) is 0 Å². The number of hydrogen-bond donors (Lipinski definition) is 0. The monoisotopic (exact) mass is 564 g/mol. The van der Waals surface area contributed by atoms with Gasteiger partial charge in [-0.15, -0.1) is 47.0 Å². The first-order valence-electron chi connectivity index (χ1n) is 9.93. The summed E-state index contributed by atoms with van der Waals surface area (Å²) >= 11 is 15.9. The van der Waals surface area contributed by atoms with Crippen molar-refractivity contribution in [1.29, 1.82) is 0 Å². The topological polar surface area (TPSA) is 0 Å². The minimum atomic E-state index is 1.06. The number of benzene rings is 2. The van der Waals surface area contributed by atoms with E-state index in [4.69, 9.17) is 0 Å². The molecule has 0 fully saturated rings. The smallest absolute Gasteiger partial charge is 0.0668 e. The van der Waals surface area contributed by atoms with Crippen molar-refractivity contribution in [3.63, 3.8) is 0 Å². The lowest BCUT2D eigenvalue weighted by atomic mass is 10.1. The lowest BCUT2D eigenvalue weighted by molar-refractivity contribution is 1.58. The number of hydrogen-bond acceptors (Lipinski definition) is 8. The van der Waals surface area contributed by atoms with Crippen molar-refractivity contribution in [2.75, 3.05) is 10.2 Å². The van der Waals surface area contributed by atoms with Gasteiger partial charge in [-0.2, -0.15) is 0 Å². The summed E-state index contributed by atoms with van der Waals surface area (Å²) in [6.07, 6.45) is 0. The molecule has 0 aromatic heterocycles. The Hall–Kier alpha value is 0.200. The van der Waals surface area contributed by atoms with Gasteiger partial charge in [0.05, 0.1) is 25.4 Å². The predicted molar refractivity (Wildman–Crippen MR) is 163 cm³/mol. The van der Waals surface area contributed by atoms with Crippen molar-refractivity contribution >= 4 is 105 Å². The van der Waals surface area contributed by atoms with Crippen LogP contribution in [0, 0.1) is 0 Å². The average Bonchev–Trinajstić information content (AvgIpc) is 3.44. The van der Waals surface area contributed by atoms with Gasteiger partial charge in [0.15, 0.2) is 0 Å². The molecule has 0 nitrogen and oxygen atoms in total. The highest BCUT2D eigenvalue weighted by Crippen LogP contribution is 2.64. The van der Waals surface area contributed by atoms with Crippen LogP contribution in [0.4, 0.5) is 0 Å². The quantitative estimate of drug-likeness (QED) is 0.349. The summed E-state index contributed by atoms with van der Waals surface area (Å²) in [5.41, 5.74) is 5.44. The van der Waals surface area contributed by atoms with E-state index >= 15 is 0 Å². The first kappa shape index (κ1) is 23.9. The summed E-state index contributed by atoms with van der Waals surface area (Å²) in [6, 6.07) is 21.5. The molecule has 164 valence electrons. The van der Waals surface area contributed by atoms with Gasteiger partial charge in [0.1, 0.15) is 0 Å². The van der Waals surface area contributed by atoms with Gasteiger partial charge in [0, 0.05) is 10.2 Å². The van der Waals surface area contributed by atoms with Gasteiger partial charge in [-0.05, 0) is 36.1 Å². The Balaban J connectivity index is 1.28. The fourth-order valence-electron chi connectivity index (χ4n) is 3.09.